The van der Waals surface area contributed by atoms with Crippen molar-refractivity contribution in [3.05, 3.63) is 35.9 Å². The molecular weight excluding hydrogens is 270 g/mol. The van der Waals surface area contributed by atoms with E-state index in [0.717, 1.165) is 18.4 Å². The van der Waals surface area contributed by atoms with Crippen molar-refractivity contribution in [1.29, 1.82) is 0 Å². The number of rotatable bonds is 8. The third-order valence-electron chi connectivity index (χ3n) is 3.66. The predicted octanol–water partition coefficient (Wildman–Crippen LogP) is 0.903. The molecule has 0 radical (unpaired) electrons. The second-order valence-electron chi connectivity index (χ2n) is 5.32. The molecule has 5 heteroatoms. The Hall–Kier alpha value is -1.43. The lowest BCUT2D eigenvalue weighted by Gasteiger charge is -2.27. The first-order chi connectivity index (χ1) is 10.2. The molecular formula is C16H23NO4. The monoisotopic (exact) mass is 293 g/mol. The molecule has 0 bridgehead atoms. The fraction of sp³-hybridized carbons (Fsp3) is 0.562. The number of benzene rings is 1. The summed E-state index contributed by atoms with van der Waals surface area (Å²) in [7, 11) is 0. The average Bonchev–Trinajstić information content (AvgIpc) is 2.99. The van der Waals surface area contributed by atoms with Gasteiger partial charge < -0.3 is 19.9 Å². The van der Waals surface area contributed by atoms with Crippen molar-refractivity contribution >= 4 is 5.91 Å². The van der Waals surface area contributed by atoms with Gasteiger partial charge in [0, 0.05) is 26.0 Å². The van der Waals surface area contributed by atoms with Gasteiger partial charge in [0.25, 0.3) is 0 Å². The quantitative estimate of drug-likeness (QED) is 0.747. The predicted molar refractivity (Wildman–Crippen MR) is 79.0 cm³/mol. The summed E-state index contributed by atoms with van der Waals surface area (Å²) in [5.74, 6) is 0.0118. The highest BCUT2D eigenvalue weighted by Crippen LogP contribution is 2.22. The van der Waals surface area contributed by atoms with Gasteiger partial charge >= 0.3 is 0 Å². The fourth-order valence-electron chi connectivity index (χ4n) is 2.41. The molecule has 0 spiro atoms. The Bertz CT molecular complexity index is 429. The third-order valence-corrected chi connectivity index (χ3v) is 3.66. The average molecular weight is 293 g/mol. The van der Waals surface area contributed by atoms with Crippen LogP contribution >= 0.6 is 0 Å². The van der Waals surface area contributed by atoms with Crippen LogP contribution in [0.2, 0.25) is 0 Å². The summed E-state index contributed by atoms with van der Waals surface area (Å²) in [5.41, 5.74) is 0.675. The maximum absolute atomic E-state index is 11.9. The summed E-state index contributed by atoms with van der Waals surface area (Å²) in [4.78, 5) is 11.9. The van der Waals surface area contributed by atoms with Crippen LogP contribution in [-0.2, 0) is 20.7 Å². The Labute approximate surface area is 125 Å². The second kappa shape index (κ2) is 8.12. The zero-order valence-electron chi connectivity index (χ0n) is 12.2. The van der Waals surface area contributed by atoms with E-state index < -0.39 is 5.60 Å². The molecule has 0 aromatic heterocycles. The highest BCUT2D eigenvalue weighted by atomic mass is 16.6. The molecule has 1 heterocycles. The highest BCUT2D eigenvalue weighted by molar-refractivity contribution is 5.76. The second-order valence-corrected chi connectivity index (χ2v) is 5.32. The lowest BCUT2D eigenvalue weighted by molar-refractivity contribution is -0.123. The Balaban J connectivity index is 1.74. The van der Waals surface area contributed by atoms with Crippen LogP contribution in [-0.4, -0.2) is 49.6 Å². The summed E-state index contributed by atoms with van der Waals surface area (Å²) in [6, 6.07) is 9.95. The number of ether oxygens (including phenoxy) is 2. The third kappa shape index (κ3) is 5.12. The Morgan fingerprint density at radius 3 is 2.86 bits per heavy atom. The Morgan fingerprint density at radius 2 is 2.19 bits per heavy atom. The van der Waals surface area contributed by atoms with Crippen molar-refractivity contribution in [2.24, 2.45) is 0 Å². The lowest BCUT2D eigenvalue weighted by atomic mass is 10.0. The van der Waals surface area contributed by atoms with E-state index >= 15 is 0 Å². The van der Waals surface area contributed by atoms with E-state index in [1.54, 1.807) is 0 Å². The highest BCUT2D eigenvalue weighted by Gasteiger charge is 2.36. The first kappa shape index (κ1) is 15.9. The molecule has 1 fully saturated rings. The molecule has 2 rings (SSSR count). The number of amides is 1. The fourth-order valence-corrected chi connectivity index (χ4v) is 2.41. The number of aryl methyl sites for hydroxylation is 1. The maximum atomic E-state index is 11.9. The molecule has 0 saturated carbocycles. The van der Waals surface area contributed by atoms with Crippen molar-refractivity contribution in [2.75, 3.05) is 33.0 Å². The van der Waals surface area contributed by atoms with Crippen LogP contribution in [0.25, 0.3) is 0 Å². The van der Waals surface area contributed by atoms with Gasteiger partial charge in [-0.3, -0.25) is 4.79 Å². The van der Waals surface area contributed by atoms with Gasteiger partial charge in [0.1, 0.15) is 5.60 Å². The summed E-state index contributed by atoms with van der Waals surface area (Å²) in [6.07, 6.45) is 1.93. The number of nitrogens with one attached hydrogen (secondary N) is 1. The zero-order chi connectivity index (χ0) is 15.0. The molecule has 1 aliphatic rings. The summed E-state index contributed by atoms with van der Waals surface area (Å²) in [5, 5.41) is 11.8. The zero-order valence-corrected chi connectivity index (χ0v) is 12.2. The molecule has 1 aromatic rings. The molecule has 5 nitrogen and oxygen atoms in total. The number of aliphatic hydroxyl groups excluding tert-OH is 1. The number of hydrogen-bond donors (Lipinski definition) is 2. The largest absolute Gasteiger partial charge is 0.394 e. The van der Waals surface area contributed by atoms with Crippen molar-refractivity contribution < 1.29 is 19.4 Å². The van der Waals surface area contributed by atoms with Crippen LogP contribution in [0.4, 0.5) is 0 Å². The molecule has 1 unspecified atom stereocenters. The van der Waals surface area contributed by atoms with E-state index in [1.807, 2.05) is 30.3 Å². The topological polar surface area (TPSA) is 67.8 Å². The summed E-state index contributed by atoms with van der Waals surface area (Å²) >= 11 is 0. The first-order valence-electron chi connectivity index (χ1n) is 7.37. The van der Waals surface area contributed by atoms with Crippen LogP contribution in [0.5, 0.6) is 0 Å². The van der Waals surface area contributed by atoms with Crippen LogP contribution in [0.3, 0.4) is 0 Å². The normalized spacial score (nSPS) is 21.4. The van der Waals surface area contributed by atoms with Gasteiger partial charge in [0.15, 0.2) is 0 Å². The van der Waals surface area contributed by atoms with E-state index in [2.05, 4.69) is 5.32 Å². The smallest absolute Gasteiger partial charge is 0.220 e. The van der Waals surface area contributed by atoms with E-state index in [-0.39, 0.29) is 19.1 Å². The van der Waals surface area contributed by atoms with Gasteiger partial charge in [0.2, 0.25) is 5.91 Å². The minimum Gasteiger partial charge on any atom is -0.394 e. The van der Waals surface area contributed by atoms with E-state index in [1.165, 1.54) is 0 Å². The van der Waals surface area contributed by atoms with E-state index in [9.17, 15) is 4.79 Å². The SMILES string of the molecule is O=C(CCc1ccccc1)NCC1(OCCO)CCOC1. The van der Waals surface area contributed by atoms with Crippen LogP contribution in [0.1, 0.15) is 18.4 Å². The van der Waals surface area contributed by atoms with Crippen molar-refractivity contribution in [2.45, 2.75) is 24.9 Å². The number of hydrogen-bond acceptors (Lipinski definition) is 4. The molecule has 2 N–H and O–H groups in total. The van der Waals surface area contributed by atoms with Gasteiger partial charge in [-0.25, -0.2) is 0 Å². The van der Waals surface area contributed by atoms with Gasteiger partial charge in [0.05, 0.1) is 19.8 Å². The van der Waals surface area contributed by atoms with Crippen LogP contribution < -0.4 is 5.32 Å². The molecule has 1 aromatic carbocycles. The molecule has 1 atom stereocenters. The Morgan fingerprint density at radius 1 is 1.38 bits per heavy atom. The molecule has 21 heavy (non-hydrogen) atoms. The number of carbonyl (C=O) groups is 1. The lowest BCUT2D eigenvalue weighted by Crippen LogP contribution is -2.46. The molecule has 1 saturated heterocycles. The Kier molecular flexibility index (Phi) is 6.17. The summed E-state index contributed by atoms with van der Waals surface area (Å²) in [6.45, 7) is 1.77. The van der Waals surface area contributed by atoms with Gasteiger partial charge in [-0.1, -0.05) is 30.3 Å². The minimum absolute atomic E-state index is 0.0118. The molecule has 116 valence electrons. The van der Waals surface area contributed by atoms with Crippen molar-refractivity contribution in [3.8, 4) is 0 Å². The number of carbonyl (C=O) groups excluding carboxylic acids is 1. The summed E-state index contributed by atoms with van der Waals surface area (Å²) < 4.78 is 11.0. The van der Waals surface area contributed by atoms with Gasteiger partial charge in [-0.15, -0.1) is 0 Å². The van der Waals surface area contributed by atoms with Gasteiger partial charge in [-0.05, 0) is 12.0 Å². The molecule has 1 amide bonds. The first-order valence-corrected chi connectivity index (χ1v) is 7.37. The van der Waals surface area contributed by atoms with Crippen LogP contribution in [0.15, 0.2) is 30.3 Å². The van der Waals surface area contributed by atoms with Crippen molar-refractivity contribution in [1.82, 2.24) is 5.32 Å². The number of aliphatic hydroxyl groups is 1. The van der Waals surface area contributed by atoms with E-state index in [4.69, 9.17) is 14.6 Å². The minimum atomic E-state index is -0.481. The van der Waals surface area contributed by atoms with Crippen molar-refractivity contribution in [3.63, 3.8) is 0 Å². The molecule has 0 aliphatic carbocycles. The van der Waals surface area contributed by atoms with E-state index in [0.29, 0.717) is 26.2 Å². The maximum Gasteiger partial charge on any atom is 0.220 e. The van der Waals surface area contributed by atoms with Gasteiger partial charge in [-0.2, -0.15) is 0 Å². The standard InChI is InChI=1S/C16H23NO4/c18-9-11-21-16(8-10-20-13-16)12-17-15(19)7-6-14-4-2-1-3-5-14/h1-5,18H,6-13H2,(H,17,19). The van der Waals surface area contributed by atoms with Crippen LogP contribution in [0, 0.1) is 0 Å². The molecule has 1 aliphatic heterocycles.